The quantitative estimate of drug-likeness (QED) is 0.842. The van der Waals surface area contributed by atoms with Gasteiger partial charge in [-0.25, -0.2) is 0 Å². The lowest BCUT2D eigenvalue weighted by Crippen LogP contribution is -2.63. The van der Waals surface area contributed by atoms with Gasteiger partial charge < -0.3 is 10.2 Å². The van der Waals surface area contributed by atoms with Crippen LogP contribution in [-0.4, -0.2) is 61.7 Å². The van der Waals surface area contributed by atoms with Crippen LogP contribution in [0.3, 0.4) is 0 Å². The molecule has 0 spiro atoms. The molecule has 1 saturated carbocycles. The fraction of sp³-hybridized carbons (Fsp3) is 1.00. The van der Waals surface area contributed by atoms with Crippen LogP contribution >= 0.6 is 0 Å². The fourth-order valence-electron chi connectivity index (χ4n) is 4.51. The highest BCUT2D eigenvalue weighted by molar-refractivity contribution is 4.99. The van der Waals surface area contributed by atoms with E-state index in [1.54, 1.807) is 0 Å². The molecule has 0 aromatic rings. The molecular weight excluding hydrogens is 234 g/mol. The van der Waals surface area contributed by atoms with Crippen LogP contribution in [0.5, 0.6) is 0 Å². The molecule has 1 saturated heterocycles. The molecule has 0 amide bonds. The molecule has 19 heavy (non-hydrogen) atoms. The highest BCUT2D eigenvalue weighted by atomic mass is 15.3. The van der Waals surface area contributed by atoms with Crippen molar-refractivity contribution in [2.24, 2.45) is 5.92 Å². The molecule has 1 N–H and O–H groups in total. The van der Waals surface area contributed by atoms with Crippen LogP contribution in [0.4, 0.5) is 0 Å². The maximum absolute atomic E-state index is 3.48. The topological polar surface area (TPSA) is 18.5 Å². The highest BCUT2D eigenvalue weighted by Crippen LogP contribution is 2.36. The van der Waals surface area contributed by atoms with Gasteiger partial charge in [0, 0.05) is 37.8 Å². The van der Waals surface area contributed by atoms with Crippen molar-refractivity contribution >= 4 is 0 Å². The zero-order valence-corrected chi connectivity index (χ0v) is 13.4. The van der Waals surface area contributed by atoms with E-state index in [-0.39, 0.29) is 5.54 Å². The zero-order valence-electron chi connectivity index (χ0n) is 13.4. The van der Waals surface area contributed by atoms with Crippen molar-refractivity contribution < 1.29 is 0 Å². The Hall–Kier alpha value is -0.120. The third-order valence-electron chi connectivity index (χ3n) is 5.31. The molecule has 0 aromatic heterocycles. The summed E-state index contributed by atoms with van der Waals surface area (Å²) in [5.74, 6) is 0.883. The first-order valence-corrected chi connectivity index (χ1v) is 8.15. The van der Waals surface area contributed by atoms with Gasteiger partial charge in [0.1, 0.15) is 0 Å². The maximum atomic E-state index is 3.48. The van der Waals surface area contributed by atoms with E-state index in [2.05, 4.69) is 43.1 Å². The Morgan fingerprint density at radius 3 is 2.16 bits per heavy atom. The van der Waals surface area contributed by atoms with Gasteiger partial charge in [-0.3, -0.25) is 4.90 Å². The minimum atomic E-state index is 0.285. The maximum Gasteiger partial charge on any atom is 0.0312 e. The number of likely N-dealkylation sites (N-methyl/N-ethyl adjacent to an activating group) is 1. The molecule has 0 bridgehead atoms. The van der Waals surface area contributed by atoms with E-state index in [0.717, 1.165) is 19.0 Å². The lowest BCUT2D eigenvalue weighted by molar-refractivity contribution is -0.00569. The first-order valence-electron chi connectivity index (χ1n) is 8.15. The standard InChI is InChI=1S/C16H33N3/c1-16(2,19-12-10-17-11-13-19)15(18(3)4)14-8-6-5-7-9-14/h14-15,17H,5-13H2,1-4H3. The summed E-state index contributed by atoms with van der Waals surface area (Å²) in [6.45, 7) is 9.63. The third-order valence-corrected chi connectivity index (χ3v) is 5.31. The van der Waals surface area contributed by atoms with Crippen LogP contribution in [-0.2, 0) is 0 Å². The molecule has 2 rings (SSSR count). The molecule has 2 aliphatic rings. The molecule has 1 heterocycles. The molecule has 0 radical (unpaired) electrons. The van der Waals surface area contributed by atoms with Crippen molar-refractivity contribution in [3.63, 3.8) is 0 Å². The summed E-state index contributed by atoms with van der Waals surface area (Å²) in [6.07, 6.45) is 7.18. The van der Waals surface area contributed by atoms with Crippen molar-refractivity contribution in [3.8, 4) is 0 Å². The SMILES string of the molecule is CN(C)C(C1CCCCC1)C(C)(C)N1CCNCC1. The first kappa shape index (κ1) is 15.3. The van der Waals surface area contributed by atoms with E-state index in [9.17, 15) is 0 Å². The van der Waals surface area contributed by atoms with Crippen molar-refractivity contribution in [3.05, 3.63) is 0 Å². The van der Waals surface area contributed by atoms with E-state index in [4.69, 9.17) is 0 Å². The molecule has 3 nitrogen and oxygen atoms in total. The molecule has 1 unspecified atom stereocenters. The van der Waals surface area contributed by atoms with Crippen LogP contribution in [0.1, 0.15) is 46.0 Å². The average molecular weight is 267 g/mol. The molecule has 3 heteroatoms. The summed E-state index contributed by atoms with van der Waals surface area (Å²) in [5.41, 5.74) is 0.285. The Bertz CT molecular complexity index is 263. The van der Waals surface area contributed by atoms with Crippen molar-refractivity contribution in [2.45, 2.75) is 57.5 Å². The summed E-state index contributed by atoms with van der Waals surface area (Å²) in [5, 5.41) is 3.48. The Kier molecular flexibility index (Phi) is 5.27. The number of nitrogens with zero attached hydrogens (tertiary/aromatic N) is 2. The van der Waals surface area contributed by atoms with Crippen LogP contribution in [0.15, 0.2) is 0 Å². The van der Waals surface area contributed by atoms with Crippen LogP contribution in [0, 0.1) is 5.92 Å². The van der Waals surface area contributed by atoms with Gasteiger partial charge in [-0.05, 0) is 46.7 Å². The third kappa shape index (κ3) is 3.50. The van der Waals surface area contributed by atoms with E-state index in [0.29, 0.717) is 6.04 Å². The second kappa shape index (κ2) is 6.55. The molecule has 1 aliphatic heterocycles. The van der Waals surface area contributed by atoms with E-state index in [1.165, 1.54) is 45.2 Å². The van der Waals surface area contributed by atoms with Crippen molar-refractivity contribution in [1.29, 1.82) is 0 Å². The molecule has 2 fully saturated rings. The first-order chi connectivity index (χ1) is 9.03. The number of piperazine rings is 1. The summed E-state index contributed by atoms with van der Waals surface area (Å²) in [6, 6.07) is 0.686. The summed E-state index contributed by atoms with van der Waals surface area (Å²) >= 11 is 0. The zero-order chi connectivity index (χ0) is 13.9. The molecule has 1 atom stereocenters. The molecule has 1 aliphatic carbocycles. The van der Waals surface area contributed by atoms with Gasteiger partial charge in [0.15, 0.2) is 0 Å². The summed E-state index contributed by atoms with van der Waals surface area (Å²) in [4.78, 5) is 5.21. The normalized spacial score (nSPS) is 25.7. The lowest BCUT2D eigenvalue weighted by Gasteiger charge is -2.51. The monoisotopic (exact) mass is 267 g/mol. The van der Waals surface area contributed by atoms with Gasteiger partial charge >= 0.3 is 0 Å². The Balaban J connectivity index is 2.11. The Morgan fingerprint density at radius 1 is 1.05 bits per heavy atom. The van der Waals surface area contributed by atoms with Gasteiger partial charge in [0.25, 0.3) is 0 Å². The predicted molar refractivity (Wildman–Crippen MR) is 82.6 cm³/mol. The molecular formula is C16H33N3. The van der Waals surface area contributed by atoms with Crippen LogP contribution in [0.2, 0.25) is 0 Å². The smallest absolute Gasteiger partial charge is 0.0312 e. The summed E-state index contributed by atoms with van der Waals surface area (Å²) < 4.78 is 0. The van der Waals surface area contributed by atoms with Crippen molar-refractivity contribution in [2.75, 3.05) is 40.3 Å². The number of rotatable bonds is 4. The highest BCUT2D eigenvalue weighted by Gasteiger charge is 2.41. The van der Waals surface area contributed by atoms with Crippen LogP contribution in [0.25, 0.3) is 0 Å². The Morgan fingerprint density at radius 2 is 1.63 bits per heavy atom. The van der Waals surface area contributed by atoms with Gasteiger partial charge in [-0.15, -0.1) is 0 Å². The lowest BCUT2D eigenvalue weighted by atomic mass is 9.75. The number of nitrogens with one attached hydrogen (secondary N) is 1. The van der Waals surface area contributed by atoms with Crippen molar-refractivity contribution in [1.82, 2.24) is 15.1 Å². The van der Waals surface area contributed by atoms with E-state index >= 15 is 0 Å². The fourth-order valence-corrected chi connectivity index (χ4v) is 4.51. The molecule has 112 valence electrons. The predicted octanol–water partition coefficient (Wildman–Crippen LogP) is 2.18. The van der Waals surface area contributed by atoms with E-state index in [1.807, 2.05) is 0 Å². The largest absolute Gasteiger partial charge is 0.314 e. The summed E-state index contributed by atoms with van der Waals surface area (Å²) in [7, 11) is 4.56. The Labute approximate surface area is 119 Å². The molecule has 0 aromatic carbocycles. The average Bonchev–Trinajstić information content (AvgIpc) is 2.40. The van der Waals surface area contributed by atoms with Gasteiger partial charge in [0.05, 0.1) is 0 Å². The van der Waals surface area contributed by atoms with Gasteiger partial charge in [0.2, 0.25) is 0 Å². The van der Waals surface area contributed by atoms with Crippen LogP contribution < -0.4 is 5.32 Å². The number of hydrogen-bond donors (Lipinski definition) is 1. The van der Waals surface area contributed by atoms with Gasteiger partial charge in [-0.1, -0.05) is 19.3 Å². The minimum absolute atomic E-state index is 0.285. The van der Waals surface area contributed by atoms with Gasteiger partial charge in [-0.2, -0.15) is 0 Å². The second-order valence-electron chi connectivity index (χ2n) is 7.20. The van der Waals surface area contributed by atoms with E-state index < -0.39 is 0 Å². The minimum Gasteiger partial charge on any atom is -0.314 e. The second-order valence-corrected chi connectivity index (χ2v) is 7.20. The number of hydrogen-bond acceptors (Lipinski definition) is 3.